The van der Waals surface area contributed by atoms with Gasteiger partial charge in [-0.2, -0.15) is 4.98 Å². The number of rotatable bonds is 4. The molecule has 17 heavy (non-hydrogen) atoms. The van der Waals surface area contributed by atoms with Crippen molar-refractivity contribution in [1.29, 1.82) is 0 Å². The molecular formula is C10H16FN5O. The van der Waals surface area contributed by atoms with Gasteiger partial charge in [-0.25, -0.2) is 9.37 Å². The van der Waals surface area contributed by atoms with Crippen molar-refractivity contribution in [3.8, 4) is 0 Å². The number of carbonyl (C=O) groups excluding carboxylic acids is 1. The highest BCUT2D eigenvalue weighted by Crippen LogP contribution is 2.11. The lowest BCUT2D eigenvalue weighted by atomic mass is 10.3. The topological polar surface area (TPSA) is 84.1 Å². The Hall–Kier alpha value is -1.92. The van der Waals surface area contributed by atoms with Gasteiger partial charge in [-0.1, -0.05) is 0 Å². The maximum Gasteiger partial charge on any atom is 0.244 e. The molecule has 3 N–H and O–H groups in total. The van der Waals surface area contributed by atoms with Gasteiger partial charge in [0.25, 0.3) is 0 Å². The first-order chi connectivity index (χ1) is 7.95. The maximum absolute atomic E-state index is 13.3. The molecule has 1 rings (SSSR count). The van der Waals surface area contributed by atoms with Gasteiger partial charge in [0.15, 0.2) is 11.6 Å². The smallest absolute Gasteiger partial charge is 0.244 e. The molecule has 0 radical (unpaired) electrons. The number of amides is 1. The summed E-state index contributed by atoms with van der Waals surface area (Å²) in [5.41, 5.74) is 5.34. The molecule has 1 aromatic rings. The number of halogens is 1. The highest BCUT2D eigenvalue weighted by Gasteiger charge is 2.18. The van der Waals surface area contributed by atoms with Gasteiger partial charge in [0.1, 0.15) is 6.04 Å². The van der Waals surface area contributed by atoms with Gasteiger partial charge in [-0.3, -0.25) is 4.79 Å². The number of nitrogen functional groups attached to an aromatic ring is 1. The lowest BCUT2D eigenvalue weighted by Crippen LogP contribution is -2.39. The first kappa shape index (κ1) is 13.1. The number of anilines is 2. The van der Waals surface area contributed by atoms with Gasteiger partial charge in [0.2, 0.25) is 11.9 Å². The van der Waals surface area contributed by atoms with Crippen LogP contribution in [-0.2, 0) is 4.79 Å². The number of hydrogen-bond acceptors (Lipinski definition) is 5. The Balaban J connectivity index is 2.77. The van der Waals surface area contributed by atoms with E-state index in [1.165, 1.54) is 4.90 Å². The van der Waals surface area contributed by atoms with E-state index in [0.29, 0.717) is 6.54 Å². The van der Waals surface area contributed by atoms with Crippen LogP contribution in [0.25, 0.3) is 0 Å². The Morgan fingerprint density at radius 1 is 1.71 bits per heavy atom. The van der Waals surface area contributed by atoms with Gasteiger partial charge < -0.3 is 16.0 Å². The quantitative estimate of drug-likeness (QED) is 0.800. The summed E-state index contributed by atoms with van der Waals surface area (Å²) in [6, 6.07) is -0.580. The van der Waals surface area contributed by atoms with E-state index in [9.17, 15) is 9.18 Å². The number of aromatic nitrogens is 2. The molecular weight excluding hydrogens is 225 g/mol. The lowest BCUT2D eigenvalue weighted by molar-refractivity contribution is -0.130. The van der Waals surface area contributed by atoms with Crippen LogP contribution in [0.1, 0.15) is 13.8 Å². The molecule has 0 spiro atoms. The third kappa shape index (κ3) is 3.27. The van der Waals surface area contributed by atoms with Crippen molar-refractivity contribution >= 4 is 17.7 Å². The van der Waals surface area contributed by atoms with Crippen LogP contribution in [-0.4, -0.2) is 40.4 Å². The average molecular weight is 241 g/mol. The third-order valence-corrected chi connectivity index (χ3v) is 2.34. The van der Waals surface area contributed by atoms with Gasteiger partial charge in [0, 0.05) is 13.6 Å². The standard InChI is InChI=1S/C10H16FN5O/c1-4-16(3)9(17)6(2)14-8-7(11)5-13-10(12)15-8/h5-6H,4H2,1-3H3,(H3,12,13,14,15). The molecule has 94 valence electrons. The van der Waals surface area contributed by atoms with E-state index in [1.54, 1.807) is 14.0 Å². The van der Waals surface area contributed by atoms with Gasteiger partial charge in [-0.05, 0) is 13.8 Å². The summed E-state index contributed by atoms with van der Waals surface area (Å²) in [5, 5.41) is 2.67. The highest BCUT2D eigenvalue weighted by molar-refractivity contribution is 5.83. The molecule has 1 amide bonds. The molecule has 0 saturated carbocycles. The fraction of sp³-hybridized carbons (Fsp3) is 0.500. The van der Waals surface area contributed by atoms with Crippen LogP contribution in [0.2, 0.25) is 0 Å². The molecule has 6 nitrogen and oxygen atoms in total. The van der Waals surface area contributed by atoms with Gasteiger partial charge >= 0.3 is 0 Å². The zero-order valence-corrected chi connectivity index (χ0v) is 10.1. The second kappa shape index (κ2) is 5.42. The minimum Gasteiger partial charge on any atom is -0.368 e. The monoisotopic (exact) mass is 241 g/mol. The Bertz CT molecular complexity index is 412. The fourth-order valence-corrected chi connectivity index (χ4v) is 1.24. The van der Waals surface area contributed by atoms with Crippen molar-refractivity contribution in [2.24, 2.45) is 0 Å². The molecule has 0 aliphatic heterocycles. The predicted octanol–water partition coefficient (Wildman–Crippen LogP) is 0.477. The number of hydrogen-bond donors (Lipinski definition) is 2. The fourth-order valence-electron chi connectivity index (χ4n) is 1.24. The van der Waals surface area contributed by atoms with Crippen molar-refractivity contribution in [2.75, 3.05) is 24.6 Å². The minimum absolute atomic E-state index is 0.0441. The van der Waals surface area contributed by atoms with E-state index in [4.69, 9.17) is 5.73 Å². The van der Waals surface area contributed by atoms with Crippen molar-refractivity contribution < 1.29 is 9.18 Å². The minimum atomic E-state index is -0.641. The third-order valence-electron chi connectivity index (χ3n) is 2.34. The molecule has 1 atom stereocenters. The number of nitrogens with two attached hydrogens (primary N) is 1. The molecule has 1 unspecified atom stereocenters. The summed E-state index contributed by atoms with van der Waals surface area (Å²) >= 11 is 0. The van der Waals surface area contributed by atoms with Crippen LogP contribution in [0.15, 0.2) is 6.20 Å². The number of likely N-dealkylation sites (N-methyl/N-ethyl adjacent to an activating group) is 1. The van der Waals surface area contributed by atoms with Crippen molar-refractivity contribution in [3.63, 3.8) is 0 Å². The summed E-state index contributed by atoms with van der Waals surface area (Å²) in [6.07, 6.45) is 0.964. The molecule has 0 aliphatic carbocycles. The van der Waals surface area contributed by atoms with Crippen LogP contribution in [0.3, 0.4) is 0 Å². The van der Waals surface area contributed by atoms with E-state index in [2.05, 4.69) is 15.3 Å². The lowest BCUT2D eigenvalue weighted by Gasteiger charge is -2.21. The zero-order chi connectivity index (χ0) is 13.0. The number of nitrogens with one attached hydrogen (secondary N) is 1. The maximum atomic E-state index is 13.3. The van der Waals surface area contributed by atoms with E-state index in [-0.39, 0.29) is 17.7 Å². The van der Waals surface area contributed by atoms with Crippen LogP contribution in [0.4, 0.5) is 16.2 Å². The second-order valence-electron chi connectivity index (χ2n) is 3.64. The summed E-state index contributed by atoms with van der Waals surface area (Å²) < 4.78 is 13.3. The molecule has 1 heterocycles. The first-order valence-electron chi connectivity index (χ1n) is 5.25. The summed E-state index contributed by atoms with van der Waals surface area (Å²) in [6.45, 7) is 4.07. The Labute approximate surface area is 99.0 Å². The predicted molar refractivity (Wildman–Crippen MR) is 62.8 cm³/mol. The van der Waals surface area contributed by atoms with E-state index in [1.807, 2.05) is 6.92 Å². The second-order valence-corrected chi connectivity index (χ2v) is 3.64. The summed E-state index contributed by atoms with van der Waals surface area (Å²) in [5.74, 6) is -0.901. The summed E-state index contributed by atoms with van der Waals surface area (Å²) in [4.78, 5) is 20.5. The Morgan fingerprint density at radius 3 is 2.94 bits per heavy atom. The van der Waals surface area contributed by atoms with Crippen LogP contribution < -0.4 is 11.1 Å². The first-order valence-corrected chi connectivity index (χ1v) is 5.25. The Morgan fingerprint density at radius 2 is 2.35 bits per heavy atom. The largest absolute Gasteiger partial charge is 0.368 e. The SMILES string of the molecule is CCN(C)C(=O)C(C)Nc1nc(N)ncc1F. The molecule has 0 aliphatic rings. The average Bonchev–Trinajstić information content (AvgIpc) is 2.31. The molecule has 7 heteroatoms. The Kier molecular flexibility index (Phi) is 4.19. The van der Waals surface area contributed by atoms with Crippen LogP contribution >= 0.6 is 0 Å². The molecule has 0 fully saturated rings. The van der Waals surface area contributed by atoms with Crippen molar-refractivity contribution in [2.45, 2.75) is 19.9 Å². The molecule has 0 aromatic carbocycles. The normalized spacial score (nSPS) is 12.0. The summed E-state index contributed by atoms with van der Waals surface area (Å²) in [7, 11) is 1.67. The van der Waals surface area contributed by atoms with Gasteiger partial charge in [0.05, 0.1) is 6.20 Å². The molecule has 0 bridgehead atoms. The molecule has 1 aromatic heterocycles. The van der Waals surface area contributed by atoms with Crippen LogP contribution in [0, 0.1) is 5.82 Å². The van der Waals surface area contributed by atoms with E-state index < -0.39 is 11.9 Å². The van der Waals surface area contributed by atoms with Crippen molar-refractivity contribution in [3.05, 3.63) is 12.0 Å². The number of carbonyl (C=O) groups is 1. The zero-order valence-electron chi connectivity index (χ0n) is 10.1. The van der Waals surface area contributed by atoms with E-state index in [0.717, 1.165) is 6.20 Å². The van der Waals surface area contributed by atoms with Crippen LogP contribution in [0.5, 0.6) is 0 Å². The van der Waals surface area contributed by atoms with Crippen molar-refractivity contribution in [1.82, 2.24) is 14.9 Å². The van der Waals surface area contributed by atoms with E-state index >= 15 is 0 Å². The van der Waals surface area contributed by atoms with Gasteiger partial charge in [-0.15, -0.1) is 0 Å². The molecule has 0 saturated heterocycles. The highest BCUT2D eigenvalue weighted by atomic mass is 19.1. The number of nitrogens with zero attached hydrogens (tertiary/aromatic N) is 3.